The van der Waals surface area contributed by atoms with E-state index < -0.39 is 5.60 Å². The minimum atomic E-state index is -1.02. The van der Waals surface area contributed by atoms with Crippen molar-refractivity contribution in [1.82, 2.24) is 9.80 Å². The number of nitrogens with zero attached hydrogens (tertiary/aromatic N) is 2. The van der Waals surface area contributed by atoms with Crippen LogP contribution in [0.3, 0.4) is 0 Å². The zero-order chi connectivity index (χ0) is 21.3. The number of carbonyl (C=O) groups is 2. The fourth-order valence-electron chi connectivity index (χ4n) is 5.14. The highest BCUT2D eigenvalue weighted by Gasteiger charge is 2.58. The van der Waals surface area contributed by atoms with E-state index in [1.165, 1.54) is 11.3 Å². The van der Waals surface area contributed by atoms with Crippen LogP contribution in [-0.4, -0.2) is 73.2 Å². The van der Waals surface area contributed by atoms with E-state index >= 15 is 0 Å². The Balaban J connectivity index is 1.44. The summed E-state index contributed by atoms with van der Waals surface area (Å²) in [6.45, 7) is 4.06. The van der Waals surface area contributed by atoms with E-state index in [1.807, 2.05) is 40.6 Å². The second-order valence-corrected chi connectivity index (χ2v) is 9.62. The third-order valence-corrected chi connectivity index (χ3v) is 7.66. The van der Waals surface area contributed by atoms with Crippen LogP contribution in [0.5, 0.6) is 0 Å². The Morgan fingerprint density at radius 2 is 1.90 bits per heavy atom. The van der Waals surface area contributed by atoms with Gasteiger partial charge in [0.1, 0.15) is 0 Å². The summed E-state index contributed by atoms with van der Waals surface area (Å²) >= 11 is 1.44. The predicted octanol–water partition coefficient (Wildman–Crippen LogP) is 3.01. The molecule has 0 radical (unpaired) electrons. The Hall–Kier alpha value is -2.22. The third-order valence-electron chi connectivity index (χ3n) is 6.80. The summed E-state index contributed by atoms with van der Waals surface area (Å²) in [5.74, 6) is 0.369. The Morgan fingerprint density at radius 3 is 2.65 bits per heavy atom. The fraction of sp³-hybridized carbons (Fsp3) is 0.500. The number of ether oxygens (including phenoxy) is 2. The third kappa shape index (κ3) is 3.90. The monoisotopic (exact) mass is 440 g/mol. The van der Waals surface area contributed by atoms with Gasteiger partial charge in [0.15, 0.2) is 5.60 Å². The molecule has 0 N–H and O–H groups in total. The lowest BCUT2D eigenvalue weighted by Gasteiger charge is -2.42. The van der Waals surface area contributed by atoms with Gasteiger partial charge in [-0.1, -0.05) is 36.4 Å². The summed E-state index contributed by atoms with van der Waals surface area (Å²) in [5, 5.41) is 1.91. The van der Waals surface area contributed by atoms with Crippen molar-refractivity contribution in [3.8, 4) is 0 Å². The van der Waals surface area contributed by atoms with Crippen molar-refractivity contribution < 1.29 is 19.1 Å². The SMILES string of the molecule is O=C(c1cccs1)N1CCO[C@]2(C1)C(=O)N(CC1CCOCC1)C[C@@H]2c1ccccc1. The number of hydrogen-bond donors (Lipinski definition) is 0. The highest BCUT2D eigenvalue weighted by molar-refractivity contribution is 7.12. The van der Waals surface area contributed by atoms with Crippen LogP contribution in [-0.2, 0) is 14.3 Å². The molecule has 31 heavy (non-hydrogen) atoms. The van der Waals surface area contributed by atoms with Crippen molar-refractivity contribution in [2.24, 2.45) is 5.92 Å². The molecular formula is C24H28N2O4S. The van der Waals surface area contributed by atoms with Gasteiger partial charge in [0.25, 0.3) is 11.8 Å². The zero-order valence-electron chi connectivity index (χ0n) is 17.6. The second-order valence-electron chi connectivity index (χ2n) is 8.67. The Labute approximate surface area is 186 Å². The van der Waals surface area contributed by atoms with Crippen molar-refractivity contribution in [1.29, 1.82) is 0 Å². The first-order chi connectivity index (χ1) is 15.2. The maximum absolute atomic E-state index is 13.8. The van der Waals surface area contributed by atoms with Gasteiger partial charge in [0.05, 0.1) is 18.0 Å². The summed E-state index contributed by atoms with van der Waals surface area (Å²) in [6.07, 6.45) is 1.97. The van der Waals surface area contributed by atoms with Gasteiger partial charge in [0.2, 0.25) is 0 Å². The van der Waals surface area contributed by atoms with Crippen LogP contribution in [0.25, 0.3) is 0 Å². The topological polar surface area (TPSA) is 59.1 Å². The normalized spacial score (nSPS) is 27.2. The molecule has 1 aromatic carbocycles. The average molecular weight is 441 g/mol. The smallest absolute Gasteiger partial charge is 0.264 e. The average Bonchev–Trinajstić information content (AvgIpc) is 3.44. The fourth-order valence-corrected chi connectivity index (χ4v) is 5.83. The summed E-state index contributed by atoms with van der Waals surface area (Å²) < 4.78 is 11.8. The first-order valence-corrected chi connectivity index (χ1v) is 11.9. The molecule has 3 saturated heterocycles. The molecule has 1 aromatic heterocycles. The molecule has 1 spiro atoms. The van der Waals surface area contributed by atoms with E-state index in [-0.39, 0.29) is 17.7 Å². The van der Waals surface area contributed by atoms with Crippen molar-refractivity contribution in [2.45, 2.75) is 24.4 Å². The molecule has 3 aliphatic rings. The van der Waals surface area contributed by atoms with Gasteiger partial charge in [-0.25, -0.2) is 0 Å². The number of amides is 2. The minimum Gasteiger partial charge on any atom is -0.381 e. The molecule has 2 aromatic rings. The zero-order valence-corrected chi connectivity index (χ0v) is 18.4. The van der Waals surface area contributed by atoms with E-state index in [0.29, 0.717) is 37.0 Å². The molecular weight excluding hydrogens is 412 g/mol. The van der Waals surface area contributed by atoms with E-state index in [1.54, 1.807) is 4.90 Å². The summed E-state index contributed by atoms with van der Waals surface area (Å²) in [4.78, 5) is 31.4. The minimum absolute atomic E-state index is 0.0137. The standard InChI is InChI=1S/C24H28N2O4S/c27-22(21-7-4-14-31-21)25-10-13-30-24(17-25)20(19-5-2-1-3-6-19)16-26(23(24)28)15-18-8-11-29-12-9-18/h1-7,14,18,20H,8-13,15-17H2/t20-,24+/m1/s1. The molecule has 0 unspecified atom stereocenters. The van der Waals surface area contributed by atoms with Crippen LogP contribution >= 0.6 is 11.3 Å². The second kappa shape index (κ2) is 8.73. The highest BCUT2D eigenvalue weighted by Crippen LogP contribution is 2.43. The number of rotatable bonds is 4. The summed E-state index contributed by atoms with van der Waals surface area (Å²) in [7, 11) is 0. The Morgan fingerprint density at radius 1 is 1.10 bits per heavy atom. The lowest BCUT2D eigenvalue weighted by Crippen LogP contribution is -2.59. The molecule has 7 heteroatoms. The number of hydrogen-bond acceptors (Lipinski definition) is 5. The van der Waals surface area contributed by atoms with Gasteiger partial charge in [-0.05, 0) is 35.8 Å². The molecule has 3 aliphatic heterocycles. The molecule has 5 rings (SSSR count). The molecule has 0 saturated carbocycles. The van der Waals surface area contributed by atoms with Gasteiger partial charge in [-0.2, -0.15) is 0 Å². The van der Waals surface area contributed by atoms with Gasteiger partial charge in [0, 0.05) is 38.8 Å². The maximum Gasteiger partial charge on any atom is 0.264 e. The summed E-state index contributed by atoms with van der Waals surface area (Å²) in [6, 6.07) is 13.9. The molecule has 4 heterocycles. The van der Waals surface area contributed by atoms with Gasteiger partial charge >= 0.3 is 0 Å². The Bertz CT molecular complexity index is 913. The quantitative estimate of drug-likeness (QED) is 0.733. The van der Waals surface area contributed by atoms with Crippen LogP contribution < -0.4 is 0 Å². The lowest BCUT2D eigenvalue weighted by molar-refractivity contribution is -0.160. The van der Waals surface area contributed by atoms with Crippen LogP contribution in [0.2, 0.25) is 0 Å². The van der Waals surface area contributed by atoms with Crippen molar-refractivity contribution in [3.63, 3.8) is 0 Å². The molecule has 2 amide bonds. The number of carbonyl (C=O) groups excluding carboxylic acids is 2. The number of morpholine rings is 1. The maximum atomic E-state index is 13.8. The van der Waals surface area contributed by atoms with Gasteiger partial charge in [-0.3, -0.25) is 9.59 Å². The van der Waals surface area contributed by atoms with E-state index in [0.717, 1.165) is 38.2 Å². The van der Waals surface area contributed by atoms with Crippen LogP contribution in [0.1, 0.15) is 34.0 Å². The predicted molar refractivity (Wildman–Crippen MR) is 118 cm³/mol. The molecule has 3 fully saturated rings. The molecule has 2 atom stereocenters. The molecule has 0 aliphatic carbocycles. The van der Waals surface area contributed by atoms with Crippen LogP contribution in [0, 0.1) is 5.92 Å². The van der Waals surface area contributed by atoms with Crippen molar-refractivity contribution >= 4 is 23.2 Å². The van der Waals surface area contributed by atoms with Gasteiger partial charge < -0.3 is 19.3 Å². The highest BCUT2D eigenvalue weighted by atomic mass is 32.1. The number of likely N-dealkylation sites (tertiary alicyclic amines) is 1. The molecule has 6 nitrogen and oxygen atoms in total. The van der Waals surface area contributed by atoms with Crippen LogP contribution in [0.15, 0.2) is 47.8 Å². The molecule has 164 valence electrons. The van der Waals surface area contributed by atoms with Gasteiger partial charge in [-0.15, -0.1) is 11.3 Å². The van der Waals surface area contributed by atoms with Crippen LogP contribution in [0.4, 0.5) is 0 Å². The van der Waals surface area contributed by atoms with E-state index in [2.05, 4.69) is 12.1 Å². The largest absolute Gasteiger partial charge is 0.381 e. The molecule has 0 bridgehead atoms. The summed E-state index contributed by atoms with van der Waals surface area (Å²) in [5.41, 5.74) is 0.0771. The van der Waals surface area contributed by atoms with Crippen molar-refractivity contribution in [2.75, 3.05) is 46.0 Å². The Kier molecular flexibility index (Phi) is 5.82. The van der Waals surface area contributed by atoms with E-state index in [4.69, 9.17) is 9.47 Å². The van der Waals surface area contributed by atoms with E-state index in [9.17, 15) is 9.59 Å². The first kappa shape index (κ1) is 20.7. The van der Waals surface area contributed by atoms with Crippen molar-refractivity contribution in [3.05, 3.63) is 58.3 Å². The lowest BCUT2D eigenvalue weighted by atomic mass is 9.83. The number of benzene rings is 1. The number of thiophene rings is 1. The first-order valence-electron chi connectivity index (χ1n) is 11.1.